The van der Waals surface area contributed by atoms with E-state index in [0.717, 1.165) is 33.5 Å². The molecule has 0 amide bonds. The number of fused-ring (bicyclic) bond motifs is 4. The van der Waals surface area contributed by atoms with Crippen LogP contribution in [0, 0.1) is 0 Å². The van der Waals surface area contributed by atoms with Gasteiger partial charge in [0.05, 0.1) is 16.8 Å². The molecule has 1 aromatic heterocycles. The van der Waals surface area contributed by atoms with Crippen LogP contribution >= 0.6 is 0 Å². The highest BCUT2D eigenvalue weighted by Crippen LogP contribution is 2.37. The summed E-state index contributed by atoms with van der Waals surface area (Å²) in [6.07, 6.45) is 0. The summed E-state index contributed by atoms with van der Waals surface area (Å²) in [5, 5.41) is 9.88. The molecule has 0 saturated carbocycles. The van der Waals surface area contributed by atoms with Gasteiger partial charge in [0.2, 0.25) is 0 Å². The Balaban J connectivity index is 1.97. The van der Waals surface area contributed by atoms with Crippen molar-refractivity contribution in [2.45, 2.75) is 6.61 Å². The maximum absolute atomic E-state index is 11.1. The molecule has 0 saturated heterocycles. The van der Waals surface area contributed by atoms with E-state index >= 15 is 0 Å². The minimum absolute atomic E-state index is 0.265. The van der Waals surface area contributed by atoms with Crippen LogP contribution in [0.3, 0.4) is 0 Å². The molecule has 21 heavy (non-hydrogen) atoms. The van der Waals surface area contributed by atoms with E-state index in [2.05, 4.69) is 4.98 Å². The van der Waals surface area contributed by atoms with E-state index in [-0.39, 0.29) is 5.56 Å². The molecular formula is C17H11NO3. The lowest BCUT2D eigenvalue weighted by Gasteiger charge is -2.20. The number of ether oxygens (including phenoxy) is 1. The van der Waals surface area contributed by atoms with Crippen LogP contribution in [0.25, 0.3) is 22.2 Å². The first-order valence-corrected chi connectivity index (χ1v) is 6.61. The summed E-state index contributed by atoms with van der Waals surface area (Å²) >= 11 is 0. The van der Waals surface area contributed by atoms with Gasteiger partial charge >= 0.3 is 5.97 Å². The van der Waals surface area contributed by atoms with E-state index in [9.17, 15) is 4.79 Å². The number of para-hydroxylation sites is 1. The highest BCUT2D eigenvalue weighted by Gasteiger charge is 2.19. The van der Waals surface area contributed by atoms with Gasteiger partial charge in [0.1, 0.15) is 12.4 Å². The molecule has 1 aliphatic rings. The minimum atomic E-state index is -0.934. The van der Waals surface area contributed by atoms with Crippen molar-refractivity contribution in [3.63, 3.8) is 0 Å². The van der Waals surface area contributed by atoms with Crippen molar-refractivity contribution in [1.29, 1.82) is 0 Å². The second-order valence-electron chi connectivity index (χ2n) is 4.99. The molecule has 3 aromatic rings. The lowest BCUT2D eigenvalue weighted by Crippen LogP contribution is -2.07. The largest absolute Gasteiger partial charge is 0.488 e. The van der Waals surface area contributed by atoms with Crippen molar-refractivity contribution in [3.05, 3.63) is 59.7 Å². The average molecular weight is 277 g/mol. The van der Waals surface area contributed by atoms with E-state index in [1.165, 1.54) is 0 Å². The number of aromatic nitrogens is 1. The highest BCUT2D eigenvalue weighted by molar-refractivity contribution is 5.94. The van der Waals surface area contributed by atoms with Gasteiger partial charge in [0.15, 0.2) is 0 Å². The standard InChI is InChI=1S/C17H11NO3/c19-17(20)10-5-6-14-11(7-10)8-12-9-21-15-4-2-1-3-13(15)16(12)18-14/h1-8H,9H2,(H,19,20). The Morgan fingerprint density at radius 2 is 2.00 bits per heavy atom. The maximum atomic E-state index is 11.1. The first kappa shape index (κ1) is 11.9. The Morgan fingerprint density at radius 3 is 2.86 bits per heavy atom. The Kier molecular flexibility index (Phi) is 2.44. The molecule has 0 fully saturated rings. The third-order valence-corrected chi connectivity index (χ3v) is 3.67. The van der Waals surface area contributed by atoms with Crippen molar-refractivity contribution >= 4 is 16.9 Å². The lowest BCUT2D eigenvalue weighted by molar-refractivity contribution is 0.0697. The molecule has 2 aromatic carbocycles. The normalized spacial score (nSPS) is 12.4. The van der Waals surface area contributed by atoms with Gasteiger partial charge in [-0.05, 0) is 36.4 Å². The molecule has 4 nitrogen and oxygen atoms in total. The summed E-state index contributed by atoms with van der Waals surface area (Å²) in [5.41, 5.74) is 3.91. The van der Waals surface area contributed by atoms with Crippen LogP contribution < -0.4 is 4.74 Å². The molecule has 0 bridgehead atoms. The van der Waals surface area contributed by atoms with Crippen molar-refractivity contribution in [2.24, 2.45) is 0 Å². The lowest BCUT2D eigenvalue weighted by atomic mass is 10.00. The zero-order valence-electron chi connectivity index (χ0n) is 11.0. The molecule has 2 heterocycles. The number of carboxylic acid groups (broad SMARTS) is 1. The maximum Gasteiger partial charge on any atom is 0.335 e. The van der Waals surface area contributed by atoms with Gasteiger partial charge in [0.25, 0.3) is 0 Å². The molecule has 4 rings (SSSR count). The van der Waals surface area contributed by atoms with Crippen molar-refractivity contribution in [3.8, 4) is 17.0 Å². The molecule has 0 spiro atoms. The fourth-order valence-corrected chi connectivity index (χ4v) is 2.64. The van der Waals surface area contributed by atoms with Gasteiger partial charge in [-0.3, -0.25) is 0 Å². The summed E-state index contributed by atoms with van der Waals surface area (Å²) < 4.78 is 5.72. The molecule has 0 unspecified atom stereocenters. The fourth-order valence-electron chi connectivity index (χ4n) is 2.64. The molecule has 1 aliphatic heterocycles. The van der Waals surface area contributed by atoms with Crippen LogP contribution in [0.1, 0.15) is 15.9 Å². The Hall–Kier alpha value is -2.88. The van der Waals surface area contributed by atoms with E-state index < -0.39 is 5.97 Å². The Morgan fingerprint density at radius 1 is 1.14 bits per heavy atom. The second-order valence-corrected chi connectivity index (χ2v) is 4.99. The number of pyridine rings is 1. The van der Waals surface area contributed by atoms with Crippen molar-refractivity contribution in [2.75, 3.05) is 0 Å². The van der Waals surface area contributed by atoms with Crippen LogP contribution in [-0.2, 0) is 6.61 Å². The third-order valence-electron chi connectivity index (χ3n) is 3.67. The van der Waals surface area contributed by atoms with Crippen LogP contribution in [0.4, 0.5) is 0 Å². The Bertz CT molecular complexity index is 886. The number of benzene rings is 2. The van der Waals surface area contributed by atoms with E-state index in [1.54, 1.807) is 18.2 Å². The third kappa shape index (κ3) is 1.84. The number of nitrogens with zero attached hydrogens (tertiary/aromatic N) is 1. The molecule has 0 atom stereocenters. The van der Waals surface area contributed by atoms with Gasteiger partial charge in [-0.1, -0.05) is 12.1 Å². The van der Waals surface area contributed by atoms with Crippen LogP contribution in [0.2, 0.25) is 0 Å². The SMILES string of the molecule is O=C(O)c1ccc2nc3c(cc2c1)COc1ccccc1-3. The summed E-state index contributed by atoms with van der Waals surface area (Å²) in [4.78, 5) is 15.7. The summed E-state index contributed by atoms with van der Waals surface area (Å²) in [7, 11) is 0. The first-order valence-electron chi connectivity index (χ1n) is 6.61. The minimum Gasteiger partial charge on any atom is -0.488 e. The zero-order chi connectivity index (χ0) is 14.4. The number of hydrogen-bond acceptors (Lipinski definition) is 3. The van der Waals surface area contributed by atoms with Crippen LogP contribution in [0.5, 0.6) is 5.75 Å². The summed E-state index contributed by atoms with van der Waals surface area (Å²) in [6, 6.07) is 14.7. The predicted octanol–water partition coefficient (Wildman–Crippen LogP) is 3.49. The van der Waals surface area contributed by atoms with E-state index in [1.807, 2.05) is 30.3 Å². The highest BCUT2D eigenvalue weighted by atomic mass is 16.5. The monoisotopic (exact) mass is 277 g/mol. The van der Waals surface area contributed by atoms with Gasteiger partial charge in [0, 0.05) is 16.5 Å². The smallest absolute Gasteiger partial charge is 0.335 e. The molecule has 0 aliphatic carbocycles. The van der Waals surface area contributed by atoms with E-state index in [4.69, 9.17) is 9.84 Å². The predicted molar refractivity (Wildman–Crippen MR) is 78.5 cm³/mol. The fraction of sp³-hybridized carbons (Fsp3) is 0.0588. The van der Waals surface area contributed by atoms with Crippen molar-refractivity contribution in [1.82, 2.24) is 4.98 Å². The molecule has 1 N–H and O–H groups in total. The van der Waals surface area contributed by atoms with Crippen LogP contribution in [-0.4, -0.2) is 16.1 Å². The van der Waals surface area contributed by atoms with Gasteiger partial charge in [-0.25, -0.2) is 9.78 Å². The Labute approximate surface area is 120 Å². The van der Waals surface area contributed by atoms with Gasteiger partial charge in [-0.15, -0.1) is 0 Å². The van der Waals surface area contributed by atoms with Gasteiger partial charge in [-0.2, -0.15) is 0 Å². The number of carboxylic acids is 1. The van der Waals surface area contributed by atoms with Gasteiger partial charge < -0.3 is 9.84 Å². The molecule has 4 heteroatoms. The number of aromatic carboxylic acids is 1. The molecule has 102 valence electrons. The quantitative estimate of drug-likeness (QED) is 0.739. The van der Waals surface area contributed by atoms with E-state index in [0.29, 0.717) is 6.61 Å². The number of rotatable bonds is 1. The first-order chi connectivity index (χ1) is 10.2. The summed E-state index contributed by atoms with van der Waals surface area (Å²) in [6.45, 7) is 0.451. The zero-order valence-corrected chi connectivity index (χ0v) is 11.0. The van der Waals surface area contributed by atoms with Crippen LogP contribution in [0.15, 0.2) is 48.5 Å². The average Bonchev–Trinajstić information content (AvgIpc) is 2.52. The topological polar surface area (TPSA) is 59.4 Å². The second kappa shape index (κ2) is 4.31. The molecular weight excluding hydrogens is 266 g/mol. The number of hydrogen-bond donors (Lipinski definition) is 1. The summed E-state index contributed by atoms with van der Waals surface area (Å²) in [5.74, 6) is -0.102. The number of carbonyl (C=O) groups is 1. The van der Waals surface area contributed by atoms with Crippen molar-refractivity contribution < 1.29 is 14.6 Å². The molecule has 0 radical (unpaired) electrons.